The molecule has 0 radical (unpaired) electrons. The lowest BCUT2D eigenvalue weighted by molar-refractivity contribution is 0.246. The summed E-state index contributed by atoms with van der Waals surface area (Å²) in [6, 6.07) is 4.87. The average molecular weight is 240 g/mol. The van der Waals surface area contributed by atoms with Crippen molar-refractivity contribution in [3.05, 3.63) is 33.6 Å². The fourth-order valence-electron chi connectivity index (χ4n) is 1.44. The lowest BCUT2D eigenvalue weighted by Crippen LogP contribution is -2.04. The zero-order valence-corrected chi connectivity index (χ0v) is 9.38. The van der Waals surface area contributed by atoms with Crippen LogP contribution in [0.2, 0.25) is 5.02 Å². The summed E-state index contributed by atoms with van der Waals surface area (Å²) in [7, 11) is 0. The van der Waals surface area contributed by atoms with Crippen LogP contribution in [0, 0.1) is 0 Å². The van der Waals surface area contributed by atoms with Crippen LogP contribution >= 0.6 is 11.6 Å². The predicted molar refractivity (Wildman–Crippen MR) is 63.1 cm³/mol. The van der Waals surface area contributed by atoms with Gasteiger partial charge in [0.25, 0.3) is 0 Å². The first-order valence-electron chi connectivity index (χ1n) is 4.78. The smallest absolute Gasteiger partial charge is 0.346 e. The van der Waals surface area contributed by atoms with Gasteiger partial charge in [0.2, 0.25) is 0 Å². The standard InChI is InChI=1S/C11H10ClNO3/c1-2-15-11-9(12)7-4-3-6(13)5-8(7)10(14)16-11/h3-5H,2,13H2,1H3. The highest BCUT2D eigenvalue weighted by Crippen LogP contribution is 2.31. The molecule has 0 saturated heterocycles. The summed E-state index contributed by atoms with van der Waals surface area (Å²) in [4.78, 5) is 11.6. The summed E-state index contributed by atoms with van der Waals surface area (Å²) in [6.45, 7) is 2.16. The van der Waals surface area contributed by atoms with Crippen LogP contribution in [0.4, 0.5) is 5.69 Å². The molecule has 5 heteroatoms. The number of anilines is 1. The first kappa shape index (κ1) is 10.8. The minimum atomic E-state index is -0.504. The van der Waals surface area contributed by atoms with Gasteiger partial charge in [-0.2, -0.15) is 0 Å². The Morgan fingerprint density at radius 2 is 2.19 bits per heavy atom. The number of hydrogen-bond acceptors (Lipinski definition) is 4. The summed E-state index contributed by atoms with van der Waals surface area (Å²) in [5.41, 5.74) is 5.57. The van der Waals surface area contributed by atoms with Crippen molar-refractivity contribution in [3.8, 4) is 5.95 Å². The summed E-state index contributed by atoms with van der Waals surface area (Å²) in [5, 5.41) is 1.22. The average Bonchev–Trinajstić information content (AvgIpc) is 2.26. The third-order valence-electron chi connectivity index (χ3n) is 2.14. The van der Waals surface area contributed by atoms with Gasteiger partial charge in [-0.05, 0) is 19.1 Å². The van der Waals surface area contributed by atoms with Crippen molar-refractivity contribution >= 4 is 28.1 Å². The molecule has 16 heavy (non-hydrogen) atoms. The number of benzene rings is 1. The molecule has 0 amide bonds. The maximum absolute atomic E-state index is 11.6. The molecule has 84 valence electrons. The van der Waals surface area contributed by atoms with E-state index in [9.17, 15) is 4.79 Å². The summed E-state index contributed by atoms with van der Waals surface area (Å²) >= 11 is 6.05. The van der Waals surface area contributed by atoms with Crippen LogP contribution in [0.15, 0.2) is 27.4 Å². The lowest BCUT2D eigenvalue weighted by Gasteiger charge is -2.06. The number of hydrogen-bond donors (Lipinski definition) is 1. The van der Waals surface area contributed by atoms with Gasteiger partial charge in [-0.3, -0.25) is 0 Å². The van der Waals surface area contributed by atoms with E-state index in [2.05, 4.69) is 0 Å². The number of ether oxygens (including phenoxy) is 1. The summed E-state index contributed by atoms with van der Waals surface area (Å²) in [5.74, 6) is 0.0476. The van der Waals surface area contributed by atoms with E-state index in [4.69, 9.17) is 26.5 Å². The van der Waals surface area contributed by atoms with Crippen LogP contribution < -0.4 is 16.1 Å². The zero-order valence-electron chi connectivity index (χ0n) is 8.62. The van der Waals surface area contributed by atoms with Crippen molar-refractivity contribution in [2.24, 2.45) is 0 Å². The number of rotatable bonds is 2. The van der Waals surface area contributed by atoms with Crippen molar-refractivity contribution in [3.63, 3.8) is 0 Å². The molecule has 1 heterocycles. The van der Waals surface area contributed by atoms with Crippen LogP contribution in [0.25, 0.3) is 10.8 Å². The Balaban J connectivity index is 2.79. The molecule has 2 N–H and O–H groups in total. The number of nitrogens with two attached hydrogens (primary N) is 1. The van der Waals surface area contributed by atoms with E-state index in [1.54, 1.807) is 19.1 Å². The maximum atomic E-state index is 11.6. The van der Waals surface area contributed by atoms with Crippen LogP contribution in [0.5, 0.6) is 5.95 Å². The Hall–Kier alpha value is -1.68. The molecule has 1 aromatic heterocycles. The Bertz CT molecular complexity index is 592. The molecule has 0 aliphatic carbocycles. The van der Waals surface area contributed by atoms with Crippen molar-refractivity contribution in [2.75, 3.05) is 12.3 Å². The molecule has 0 saturated carbocycles. The lowest BCUT2D eigenvalue weighted by atomic mass is 10.1. The molecule has 2 aromatic rings. The van der Waals surface area contributed by atoms with Crippen LogP contribution in [-0.4, -0.2) is 6.61 Å². The molecule has 0 spiro atoms. The van der Waals surface area contributed by atoms with E-state index in [0.29, 0.717) is 23.1 Å². The number of nitrogen functional groups attached to an aromatic ring is 1. The minimum absolute atomic E-state index is 0.0476. The van der Waals surface area contributed by atoms with Gasteiger partial charge in [-0.1, -0.05) is 17.7 Å². The fourth-order valence-corrected chi connectivity index (χ4v) is 1.70. The monoisotopic (exact) mass is 239 g/mol. The Morgan fingerprint density at radius 1 is 1.44 bits per heavy atom. The van der Waals surface area contributed by atoms with E-state index < -0.39 is 5.63 Å². The molecular weight excluding hydrogens is 230 g/mol. The van der Waals surface area contributed by atoms with Crippen molar-refractivity contribution in [1.29, 1.82) is 0 Å². The largest absolute Gasteiger partial charge is 0.464 e. The molecule has 0 unspecified atom stereocenters. The second-order valence-electron chi connectivity index (χ2n) is 3.23. The summed E-state index contributed by atoms with van der Waals surface area (Å²) < 4.78 is 10.1. The first-order chi connectivity index (χ1) is 7.63. The topological polar surface area (TPSA) is 65.5 Å². The van der Waals surface area contributed by atoms with Gasteiger partial charge in [-0.15, -0.1) is 0 Å². The van der Waals surface area contributed by atoms with Crippen molar-refractivity contribution in [2.45, 2.75) is 6.92 Å². The van der Waals surface area contributed by atoms with Gasteiger partial charge >= 0.3 is 11.6 Å². The molecular formula is C11H10ClNO3. The predicted octanol–water partition coefficient (Wildman–Crippen LogP) is 2.43. The fraction of sp³-hybridized carbons (Fsp3) is 0.182. The van der Waals surface area contributed by atoms with E-state index in [1.165, 1.54) is 6.07 Å². The third kappa shape index (κ3) is 1.72. The molecule has 4 nitrogen and oxygen atoms in total. The van der Waals surface area contributed by atoms with E-state index in [-0.39, 0.29) is 11.0 Å². The van der Waals surface area contributed by atoms with Gasteiger partial charge in [0.05, 0.1) is 12.0 Å². The minimum Gasteiger partial charge on any atom is -0.464 e. The third-order valence-corrected chi connectivity index (χ3v) is 2.50. The van der Waals surface area contributed by atoms with Crippen LogP contribution in [-0.2, 0) is 0 Å². The Kier molecular flexibility index (Phi) is 2.75. The quantitative estimate of drug-likeness (QED) is 0.818. The molecule has 1 aromatic carbocycles. The van der Waals surface area contributed by atoms with Gasteiger partial charge in [0.1, 0.15) is 5.02 Å². The Labute approximate surface area is 96.6 Å². The molecule has 0 aliphatic rings. The summed E-state index contributed by atoms with van der Waals surface area (Å²) in [6.07, 6.45) is 0. The van der Waals surface area contributed by atoms with Gasteiger partial charge in [0.15, 0.2) is 0 Å². The van der Waals surface area contributed by atoms with Crippen molar-refractivity contribution in [1.82, 2.24) is 0 Å². The van der Waals surface area contributed by atoms with Gasteiger partial charge in [0, 0.05) is 11.1 Å². The van der Waals surface area contributed by atoms with Crippen molar-refractivity contribution < 1.29 is 9.15 Å². The molecule has 0 aliphatic heterocycles. The molecule has 2 rings (SSSR count). The van der Waals surface area contributed by atoms with Crippen LogP contribution in [0.1, 0.15) is 6.92 Å². The highest BCUT2D eigenvalue weighted by molar-refractivity contribution is 6.36. The molecule has 0 bridgehead atoms. The molecule has 0 fully saturated rings. The van der Waals surface area contributed by atoms with E-state index >= 15 is 0 Å². The zero-order chi connectivity index (χ0) is 11.7. The molecule has 0 atom stereocenters. The normalized spacial score (nSPS) is 10.6. The van der Waals surface area contributed by atoms with Crippen LogP contribution in [0.3, 0.4) is 0 Å². The van der Waals surface area contributed by atoms with Gasteiger partial charge < -0.3 is 14.9 Å². The first-order valence-corrected chi connectivity index (χ1v) is 5.16. The van der Waals surface area contributed by atoms with E-state index in [1.807, 2.05) is 0 Å². The van der Waals surface area contributed by atoms with Gasteiger partial charge in [-0.25, -0.2) is 4.79 Å². The highest BCUT2D eigenvalue weighted by atomic mass is 35.5. The SMILES string of the molecule is CCOc1oc(=O)c2cc(N)ccc2c1Cl. The number of halogens is 1. The van der Waals surface area contributed by atoms with E-state index in [0.717, 1.165) is 0 Å². The second-order valence-corrected chi connectivity index (χ2v) is 3.61. The maximum Gasteiger partial charge on any atom is 0.346 e. The number of fused-ring (bicyclic) bond motifs is 1. The Morgan fingerprint density at radius 3 is 2.88 bits per heavy atom. The highest BCUT2D eigenvalue weighted by Gasteiger charge is 2.12. The second kappa shape index (κ2) is 4.06.